The third-order valence-electron chi connectivity index (χ3n) is 7.03. The van der Waals surface area contributed by atoms with Crippen LogP contribution in [0.5, 0.6) is 0 Å². The molecule has 33 heavy (non-hydrogen) atoms. The lowest BCUT2D eigenvalue weighted by Crippen LogP contribution is -2.56. The molecule has 0 bridgehead atoms. The molecule has 1 aliphatic carbocycles. The van der Waals surface area contributed by atoms with Gasteiger partial charge < -0.3 is 4.90 Å². The summed E-state index contributed by atoms with van der Waals surface area (Å²) in [5.41, 5.74) is 3.48. The summed E-state index contributed by atoms with van der Waals surface area (Å²) >= 11 is 0. The summed E-state index contributed by atoms with van der Waals surface area (Å²) in [5.74, 6) is 4.71. The molecule has 3 aromatic rings. The van der Waals surface area contributed by atoms with Gasteiger partial charge in [0.15, 0.2) is 11.6 Å². The van der Waals surface area contributed by atoms with Crippen molar-refractivity contribution in [2.75, 3.05) is 25.2 Å². The molecule has 0 unspecified atom stereocenters. The zero-order chi connectivity index (χ0) is 23.0. The van der Waals surface area contributed by atoms with E-state index in [-0.39, 0.29) is 11.2 Å². The van der Waals surface area contributed by atoms with Crippen LogP contribution >= 0.6 is 0 Å². The van der Waals surface area contributed by atoms with Crippen LogP contribution in [0.3, 0.4) is 0 Å². The normalized spacial score (nSPS) is 20.8. The average molecular weight is 447 g/mol. The molecular formula is C27H28F2N4. The van der Waals surface area contributed by atoms with E-state index >= 15 is 8.78 Å². The van der Waals surface area contributed by atoms with Gasteiger partial charge in [-0.15, -0.1) is 0 Å². The van der Waals surface area contributed by atoms with Crippen LogP contribution in [0.15, 0.2) is 48.7 Å². The molecule has 4 nitrogen and oxygen atoms in total. The number of fused-ring (bicyclic) bond motifs is 2. The van der Waals surface area contributed by atoms with Crippen molar-refractivity contribution in [2.24, 2.45) is 7.05 Å². The monoisotopic (exact) mass is 446 g/mol. The summed E-state index contributed by atoms with van der Waals surface area (Å²) in [4.78, 5) is 4.07. The summed E-state index contributed by atoms with van der Waals surface area (Å²) in [6.45, 7) is 1.04. The summed E-state index contributed by atoms with van der Waals surface area (Å²) in [6.07, 6.45) is 7.21. The molecule has 1 aromatic heterocycles. The van der Waals surface area contributed by atoms with Crippen LogP contribution < -0.4 is 4.90 Å². The maximum Gasteiger partial charge on any atom is 0.150 e. The number of hydrogen-bond donors (Lipinski definition) is 0. The van der Waals surface area contributed by atoms with Gasteiger partial charge in [-0.25, -0.2) is 8.78 Å². The standard InChI is InChI=1S/C27H28F2N4/c1-31-19-33(15-14-27(31)13-7-6-10-25-22(27)18-32(2)30-25)26-23(28)16-21(17-24(26)29)12-11-20-8-4-3-5-9-20/h3-5,8-9,16-18H,6-7,10,13-15,19H2,1-2H3/t27-/m0/s1. The molecule has 1 spiro atoms. The van der Waals surface area contributed by atoms with Gasteiger partial charge in [-0.1, -0.05) is 36.5 Å². The number of hydrogen-bond acceptors (Lipinski definition) is 3. The maximum atomic E-state index is 15.1. The van der Waals surface area contributed by atoms with E-state index in [1.165, 1.54) is 17.7 Å². The first-order valence-electron chi connectivity index (χ1n) is 11.5. The molecule has 1 saturated heterocycles. The first-order valence-corrected chi connectivity index (χ1v) is 11.5. The Labute approximate surface area is 193 Å². The molecule has 1 aliphatic heterocycles. The number of aryl methyl sites for hydroxylation is 2. The van der Waals surface area contributed by atoms with E-state index in [1.54, 1.807) is 0 Å². The van der Waals surface area contributed by atoms with Crippen molar-refractivity contribution in [2.45, 2.75) is 37.6 Å². The van der Waals surface area contributed by atoms with Gasteiger partial charge in [-0.2, -0.15) is 5.10 Å². The van der Waals surface area contributed by atoms with Gasteiger partial charge in [0.2, 0.25) is 0 Å². The van der Waals surface area contributed by atoms with Crippen LogP contribution in [0.25, 0.3) is 0 Å². The van der Waals surface area contributed by atoms with Crippen LogP contribution in [0.4, 0.5) is 14.5 Å². The Morgan fingerprint density at radius 3 is 2.39 bits per heavy atom. The first-order chi connectivity index (χ1) is 16.0. The van der Waals surface area contributed by atoms with Gasteiger partial charge in [-0.05, 0) is 57.0 Å². The van der Waals surface area contributed by atoms with Gasteiger partial charge >= 0.3 is 0 Å². The largest absolute Gasteiger partial charge is 0.354 e. The highest BCUT2D eigenvalue weighted by molar-refractivity contribution is 5.55. The van der Waals surface area contributed by atoms with Crippen LogP contribution in [0, 0.1) is 23.5 Å². The summed E-state index contributed by atoms with van der Waals surface area (Å²) < 4.78 is 32.1. The molecule has 0 saturated carbocycles. The van der Waals surface area contributed by atoms with Crippen LogP contribution in [0.2, 0.25) is 0 Å². The zero-order valence-corrected chi connectivity index (χ0v) is 19.1. The summed E-state index contributed by atoms with van der Waals surface area (Å²) in [6, 6.07) is 12.1. The number of benzene rings is 2. The molecule has 5 rings (SSSR count). The number of aromatic nitrogens is 2. The van der Waals surface area contributed by atoms with E-state index in [4.69, 9.17) is 5.10 Å². The van der Waals surface area contributed by atoms with Gasteiger partial charge in [0.25, 0.3) is 0 Å². The van der Waals surface area contributed by atoms with Crippen molar-refractivity contribution in [3.8, 4) is 11.8 Å². The van der Waals surface area contributed by atoms with Gasteiger partial charge in [-0.3, -0.25) is 9.58 Å². The molecule has 6 heteroatoms. The van der Waals surface area contributed by atoms with Crippen LogP contribution in [-0.2, 0) is 19.0 Å². The van der Waals surface area contributed by atoms with Crippen molar-refractivity contribution >= 4 is 5.69 Å². The Balaban J connectivity index is 1.40. The molecule has 2 aromatic carbocycles. The maximum absolute atomic E-state index is 15.1. The highest BCUT2D eigenvalue weighted by Gasteiger charge is 2.44. The molecule has 1 fully saturated rings. The fourth-order valence-corrected chi connectivity index (χ4v) is 5.37. The Bertz CT molecular complexity index is 1200. The Kier molecular flexibility index (Phi) is 5.67. The van der Waals surface area contributed by atoms with Gasteiger partial charge in [0, 0.05) is 36.5 Å². The Morgan fingerprint density at radius 1 is 0.939 bits per heavy atom. The van der Waals surface area contributed by atoms with Crippen LogP contribution in [-0.4, -0.2) is 34.9 Å². The minimum Gasteiger partial charge on any atom is -0.354 e. The summed E-state index contributed by atoms with van der Waals surface area (Å²) in [7, 11) is 4.02. The number of halogens is 2. The molecular weight excluding hydrogens is 418 g/mol. The van der Waals surface area contributed by atoms with Gasteiger partial charge in [0.1, 0.15) is 5.69 Å². The van der Waals surface area contributed by atoms with E-state index in [2.05, 4.69) is 30.0 Å². The van der Waals surface area contributed by atoms with Crippen LogP contribution in [0.1, 0.15) is 48.1 Å². The molecule has 0 N–H and O–H groups in total. The molecule has 2 aliphatic rings. The molecule has 1 atom stereocenters. The predicted octanol–water partition coefficient (Wildman–Crippen LogP) is 4.82. The van der Waals surface area contributed by atoms with Crippen molar-refractivity contribution in [1.82, 2.24) is 14.7 Å². The third-order valence-corrected chi connectivity index (χ3v) is 7.03. The second-order valence-electron chi connectivity index (χ2n) is 9.16. The average Bonchev–Trinajstić information content (AvgIpc) is 3.09. The third kappa shape index (κ3) is 4.02. The van der Waals surface area contributed by atoms with E-state index in [9.17, 15) is 0 Å². The fraction of sp³-hybridized carbons (Fsp3) is 0.370. The van der Waals surface area contributed by atoms with Gasteiger partial charge in [0.05, 0.1) is 17.9 Å². The van der Waals surface area contributed by atoms with E-state index in [0.717, 1.165) is 43.4 Å². The molecule has 2 heterocycles. The predicted molar refractivity (Wildman–Crippen MR) is 126 cm³/mol. The fourth-order valence-electron chi connectivity index (χ4n) is 5.37. The smallest absolute Gasteiger partial charge is 0.150 e. The quantitative estimate of drug-likeness (QED) is 0.501. The minimum absolute atomic E-state index is 0.0296. The lowest BCUT2D eigenvalue weighted by Gasteiger charge is -2.49. The summed E-state index contributed by atoms with van der Waals surface area (Å²) in [5, 5.41) is 4.69. The van der Waals surface area contributed by atoms with Crippen molar-refractivity contribution in [3.63, 3.8) is 0 Å². The zero-order valence-electron chi connectivity index (χ0n) is 19.1. The number of nitrogens with zero attached hydrogens (tertiary/aromatic N) is 4. The molecule has 0 amide bonds. The first kappa shape index (κ1) is 21.7. The highest BCUT2D eigenvalue weighted by atomic mass is 19.1. The van der Waals surface area contributed by atoms with E-state index in [0.29, 0.717) is 18.8 Å². The lowest BCUT2D eigenvalue weighted by molar-refractivity contribution is 0.0706. The van der Waals surface area contributed by atoms with Crippen molar-refractivity contribution in [3.05, 3.63) is 82.7 Å². The lowest BCUT2D eigenvalue weighted by atomic mass is 9.81. The van der Waals surface area contributed by atoms with Crippen molar-refractivity contribution in [1.29, 1.82) is 0 Å². The second kappa shape index (κ2) is 8.64. The van der Waals surface area contributed by atoms with Crippen molar-refractivity contribution < 1.29 is 8.78 Å². The Hall–Kier alpha value is -3.17. The number of anilines is 1. The topological polar surface area (TPSA) is 24.3 Å². The molecule has 0 radical (unpaired) electrons. The van der Waals surface area contributed by atoms with E-state index in [1.807, 2.05) is 47.0 Å². The Morgan fingerprint density at radius 2 is 1.67 bits per heavy atom. The molecule has 170 valence electrons. The minimum atomic E-state index is -0.570. The second-order valence-corrected chi connectivity index (χ2v) is 9.16. The SMILES string of the molecule is CN1CN(c2c(F)cc(C#Cc3ccccc3)cc2F)CC[C@]12CCCCc1nn(C)cc12. The number of rotatable bonds is 1. The highest BCUT2D eigenvalue weighted by Crippen LogP contribution is 2.44. The van der Waals surface area contributed by atoms with E-state index < -0.39 is 11.6 Å².